The molecule has 0 fully saturated rings. The first-order valence-electron chi connectivity index (χ1n) is 10.4. The van der Waals surface area contributed by atoms with E-state index >= 15 is 0 Å². The van der Waals surface area contributed by atoms with Crippen LogP contribution in [0, 0.1) is 0 Å². The van der Waals surface area contributed by atoms with E-state index in [1.165, 1.54) is 38.6 Å². The monoisotopic (exact) mass is 399 g/mol. The van der Waals surface area contributed by atoms with Gasteiger partial charge >= 0.3 is 0 Å². The summed E-state index contributed by atoms with van der Waals surface area (Å²) in [6.45, 7) is 11.3. The second kappa shape index (κ2) is 11.5. The van der Waals surface area contributed by atoms with E-state index in [4.69, 9.17) is 0 Å². The summed E-state index contributed by atoms with van der Waals surface area (Å²) in [5, 5.41) is 10.1. The molecule has 1 aromatic carbocycles. The van der Waals surface area contributed by atoms with Crippen LogP contribution in [-0.4, -0.2) is 50.4 Å². The Morgan fingerprint density at radius 1 is 0.963 bits per heavy atom. The zero-order chi connectivity index (χ0) is 20.3. The number of aryl methyl sites for hydroxylation is 1. The van der Waals surface area contributed by atoms with Crippen molar-refractivity contribution in [3.63, 3.8) is 0 Å². The van der Waals surface area contributed by atoms with Crippen molar-refractivity contribution < 1.29 is 18.0 Å². The number of hydrogen-bond donors (Lipinski definition) is 2. The Kier molecular flexibility index (Phi) is 10.2. The maximum atomic E-state index is 11.4. The van der Waals surface area contributed by atoms with Gasteiger partial charge < -0.3 is 9.59 Å². The van der Waals surface area contributed by atoms with Crippen molar-refractivity contribution in [3.8, 4) is 5.75 Å². The zero-order valence-corrected chi connectivity index (χ0v) is 18.4. The van der Waals surface area contributed by atoms with E-state index in [2.05, 4.69) is 25.5 Å². The van der Waals surface area contributed by atoms with Crippen LogP contribution in [0.25, 0.3) is 0 Å². The summed E-state index contributed by atoms with van der Waals surface area (Å²) in [6.07, 6.45) is 9.39. The Labute approximate surface area is 166 Å². The molecule has 0 saturated heterocycles. The fourth-order valence-corrected chi connectivity index (χ4v) is 4.24. The highest BCUT2D eigenvalue weighted by Gasteiger charge is 2.22. The predicted molar refractivity (Wildman–Crippen MR) is 115 cm³/mol. The van der Waals surface area contributed by atoms with Crippen LogP contribution in [0.15, 0.2) is 18.2 Å². The molecule has 5 nitrogen and oxygen atoms in total. The number of nitrogens with one attached hydrogen (secondary N) is 1. The van der Waals surface area contributed by atoms with Crippen LogP contribution in [0.4, 0.5) is 5.69 Å². The van der Waals surface area contributed by atoms with E-state index in [9.17, 15) is 13.5 Å². The van der Waals surface area contributed by atoms with E-state index in [0.717, 1.165) is 48.8 Å². The summed E-state index contributed by atoms with van der Waals surface area (Å²) in [4.78, 5) is 0. The minimum Gasteiger partial charge on any atom is -0.508 e. The largest absolute Gasteiger partial charge is 0.508 e. The Balaban J connectivity index is 2.63. The van der Waals surface area contributed by atoms with E-state index < -0.39 is 10.0 Å². The Morgan fingerprint density at radius 2 is 1.59 bits per heavy atom. The molecule has 1 aromatic rings. The average Bonchev–Trinajstić information content (AvgIpc) is 2.61. The third kappa shape index (κ3) is 8.98. The predicted octanol–water partition coefficient (Wildman–Crippen LogP) is 4.52. The van der Waals surface area contributed by atoms with Crippen LogP contribution < -0.4 is 4.72 Å². The van der Waals surface area contributed by atoms with Gasteiger partial charge in [0.2, 0.25) is 10.0 Å². The molecule has 0 aliphatic carbocycles. The van der Waals surface area contributed by atoms with E-state index in [0.29, 0.717) is 5.69 Å². The number of nitrogens with zero attached hydrogens (tertiary/aromatic N) is 1. The van der Waals surface area contributed by atoms with Gasteiger partial charge in [-0.1, -0.05) is 26.2 Å². The molecular formula is C21H39N2O3S+. The molecule has 0 aliphatic rings. The quantitative estimate of drug-likeness (QED) is 0.274. The van der Waals surface area contributed by atoms with Crippen LogP contribution in [0.5, 0.6) is 5.75 Å². The van der Waals surface area contributed by atoms with Gasteiger partial charge in [-0.05, 0) is 56.9 Å². The summed E-state index contributed by atoms with van der Waals surface area (Å²) >= 11 is 0. The number of anilines is 1. The van der Waals surface area contributed by atoms with Crippen molar-refractivity contribution in [1.82, 2.24) is 0 Å². The number of phenolic OH excluding ortho intramolecular Hbond substituents is 1. The Bertz CT molecular complexity index is 655. The lowest BCUT2D eigenvalue weighted by Gasteiger charge is -2.37. The number of sulfonamides is 1. The molecule has 0 radical (unpaired) electrons. The van der Waals surface area contributed by atoms with Gasteiger partial charge in [0.15, 0.2) is 0 Å². The standard InChI is InChI=1S/C21H38N2O3S/c1-5-8-9-10-11-16-23(6-2,7-3)17-12-13-19-18-20(14-15-21(19)24)22-27(4,25)26/h14-15,18,22H,5-13,16-17H2,1-4H3/p+1. The van der Waals surface area contributed by atoms with Gasteiger partial charge in [0.05, 0.1) is 32.4 Å². The van der Waals surface area contributed by atoms with Gasteiger partial charge in [-0.25, -0.2) is 8.42 Å². The lowest BCUT2D eigenvalue weighted by Crippen LogP contribution is -2.49. The number of unbranched alkanes of at least 4 members (excludes halogenated alkanes) is 4. The average molecular weight is 400 g/mol. The minimum absolute atomic E-state index is 0.236. The maximum absolute atomic E-state index is 11.4. The smallest absolute Gasteiger partial charge is 0.229 e. The molecule has 6 heteroatoms. The topological polar surface area (TPSA) is 66.4 Å². The van der Waals surface area contributed by atoms with Gasteiger partial charge in [-0.15, -0.1) is 0 Å². The molecule has 0 amide bonds. The second-order valence-electron chi connectivity index (χ2n) is 7.66. The van der Waals surface area contributed by atoms with Crippen LogP contribution in [0.3, 0.4) is 0 Å². The van der Waals surface area contributed by atoms with Crippen LogP contribution in [0.2, 0.25) is 0 Å². The van der Waals surface area contributed by atoms with Crippen LogP contribution in [0.1, 0.15) is 64.9 Å². The van der Waals surface area contributed by atoms with Gasteiger partial charge in [-0.3, -0.25) is 4.72 Å². The lowest BCUT2D eigenvalue weighted by atomic mass is 10.1. The van der Waals surface area contributed by atoms with E-state index in [1.807, 2.05) is 0 Å². The molecule has 156 valence electrons. The first-order valence-corrected chi connectivity index (χ1v) is 12.3. The highest BCUT2D eigenvalue weighted by molar-refractivity contribution is 7.92. The highest BCUT2D eigenvalue weighted by Crippen LogP contribution is 2.24. The van der Waals surface area contributed by atoms with Crippen LogP contribution >= 0.6 is 0 Å². The molecule has 1 rings (SSSR count). The highest BCUT2D eigenvalue weighted by atomic mass is 32.2. The summed E-state index contributed by atoms with van der Waals surface area (Å²) in [6, 6.07) is 4.90. The van der Waals surface area contributed by atoms with Crippen molar-refractivity contribution >= 4 is 15.7 Å². The number of hydrogen-bond acceptors (Lipinski definition) is 3. The van der Waals surface area contributed by atoms with Crippen molar-refractivity contribution in [2.75, 3.05) is 37.2 Å². The summed E-state index contributed by atoms with van der Waals surface area (Å²) in [5.41, 5.74) is 1.31. The molecule has 27 heavy (non-hydrogen) atoms. The first kappa shape index (κ1) is 23.8. The van der Waals surface area contributed by atoms with Crippen LogP contribution in [-0.2, 0) is 16.4 Å². The van der Waals surface area contributed by atoms with Gasteiger partial charge in [0.1, 0.15) is 5.75 Å². The van der Waals surface area contributed by atoms with Crippen molar-refractivity contribution in [2.24, 2.45) is 0 Å². The van der Waals surface area contributed by atoms with Crippen molar-refractivity contribution in [3.05, 3.63) is 23.8 Å². The number of quaternary nitrogens is 1. The number of phenols is 1. The van der Waals surface area contributed by atoms with E-state index in [1.54, 1.807) is 18.2 Å². The van der Waals surface area contributed by atoms with Gasteiger partial charge in [0, 0.05) is 12.1 Å². The van der Waals surface area contributed by atoms with Crippen molar-refractivity contribution in [2.45, 2.75) is 65.7 Å². The number of aromatic hydroxyl groups is 1. The maximum Gasteiger partial charge on any atom is 0.229 e. The Hall–Kier alpha value is -1.27. The minimum atomic E-state index is -3.31. The fourth-order valence-electron chi connectivity index (χ4n) is 3.69. The molecule has 0 aliphatic heterocycles. The summed E-state index contributed by atoms with van der Waals surface area (Å²) in [7, 11) is -3.31. The molecule has 0 unspecified atom stereocenters. The molecule has 0 bridgehead atoms. The van der Waals surface area contributed by atoms with E-state index in [-0.39, 0.29) is 5.75 Å². The molecule has 0 aromatic heterocycles. The molecule has 0 saturated carbocycles. The molecule has 0 heterocycles. The fraction of sp³-hybridized carbons (Fsp3) is 0.714. The Morgan fingerprint density at radius 3 is 2.19 bits per heavy atom. The number of rotatable bonds is 14. The molecule has 0 spiro atoms. The molecule has 0 atom stereocenters. The summed E-state index contributed by atoms with van der Waals surface area (Å²) in [5.74, 6) is 0.236. The molecular weight excluding hydrogens is 360 g/mol. The zero-order valence-electron chi connectivity index (χ0n) is 17.6. The normalized spacial score (nSPS) is 12.3. The lowest BCUT2D eigenvalue weighted by molar-refractivity contribution is -0.925. The third-order valence-corrected chi connectivity index (χ3v) is 6.15. The number of benzene rings is 1. The first-order chi connectivity index (χ1) is 12.7. The SMILES string of the molecule is CCCCCCC[N+](CC)(CC)CCCc1cc(NS(C)(=O)=O)ccc1O. The molecule has 2 N–H and O–H groups in total. The van der Waals surface area contributed by atoms with Crippen molar-refractivity contribution in [1.29, 1.82) is 0 Å². The van der Waals surface area contributed by atoms with Gasteiger partial charge in [0.25, 0.3) is 0 Å². The second-order valence-corrected chi connectivity index (χ2v) is 9.41. The van der Waals surface area contributed by atoms with Gasteiger partial charge in [-0.2, -0.15) is 0 Å². The summed E-state index contributed by atoms with van der Waals surface area (Å²) < 4.78 is 26.4. The third-order valence-electron chi connectivity index (χ3n) is 5.54.